The Balaban J connectivity index is 2.69. The molecule has 2 rings (SSSR count). The van der Waals surface area contributed by atoms with Crippen LogP contribution < -0.4 is 5.73 Å². The van der Waals surface area contributed by atoms with Gasteiger partial charge in [0.15, 0.2) is 17.5 Å². The fraction of sp³-hybridized carbons (Fsp3) is 0.385. The molecule has 0 fully saturated rings. The number of nitrogens with zero attached hydrogens (tertiary/aromatic N) is 5. The molecule has 0 saturated carbocycles. The van der Waals surface area contributed by atoms with E-state index in [9.17, 15) is 0 Å². The van der Waals surface area contributed by atoms with Gasteiger partial charge in [-0.15, -0.1) is 5.10 Å². The van der Waals surface area contributed by atoms with Gasteiger partial charge in [-0.3, -0.25) is 0 Å². The van der Waals surface area contributed by atoms with Crippen LogP contribution in [0.5, 0.6) is 0 Å². The first-order chi connectivity index (χ1) is 9.62. The van der Waals surface area contributed by atoms with Crippen LogP contribution in [-0.2, 0) is 12.8 Å². The van der Waals surface area contributed by atoms with E-state index in [4.69, 9.17) is 10.9 Å². The minimum atomic E-state index is 0.0150. The van der Waals surface area contributed by atoms with E-state index in [1.165, 1.54) is 0 Å². The molecule has 0 spiro atoms. The zero-order valence-electron chi connectivity index (χ0n) is 11.8. The SMILES string of the molecule is CCc1nc(CC)n(-c2nccc(C)c2/C(N)=N/O)n1. The van der Waals surface area contributed by atoms with E-state index in [0.29, 0.717) is 11.4 Å². The van der Waals surface area contributed by atoms with Gasteiger partial charge in [-0.05, 0) is 18.6 Å². The van der Waals surface area contributed by atoms with Crippen molar-refractivity contribution in [1.82, 2.24) is 19.7 Å². The molecule has 2 aromatic rings. The number of oxime groups is 1. The summed E-state index contributed by atoms with van der Waals surface area (Å²) in [4.78, 5) is 8.77. The van der Waals surface area contributed by atoms with Gasteiger partial charge in [-0.25, -0.2) is 9.97 Å². The molecule has 0 bridgehead atoms. The van der Waals surface area contributed by atoms with E-state index >= 15 is 0 Å². The highest BCUT2D eigenvalue weighted by Gasteiger charge is 2.18. The highest BCUT2D eigenvalue weighted by atomic mass is 16.4. The van der Waals surface area contributed by atoms with Crippen molar-refractivity contribution in [1.29, 1.82) is 0 Å². The third-order valence-electron chi connectivity index (χ3n) is 3.05. The Kier molecular flexibility index (Phi) is 3.97. The molecule has 20 heavy (non-hydrogen) atoms. The van der Waals surface area contributed by atoms with Gasteiger partial charge in [0.2, 0.25) is 0 Å². The molecule has 7 heteroatoms. The highest BCUT2D eigenvalue weighted by molar-refractivity contribution is 6.01. The topological polar surface area (TPSA) is 102 Å². The molecule has 0 amide bonds. The summed E-state index contributed by atoms with van der Waals surface area (Å²) in [6, 6.07) is 1.81. The van der Waals surface area contributed by atoms with Gasteiger partial charge >= 0.3 is 0 Å². The summed E-state index contributed by atoms with van der Waals surface area (Å²) in [5.74, 6) is 2.09. The Morgan fingerprint density at radius 3 is 2.75 bits per heavy atom. The van der Waals surface area contributed by atoms with Crippen LogP contribution in [0.3, 0.4) is 0 Å². The van der Waals surface area contributed by atoms with Gasteiger partial charge in [0.05, 0.1) is 5.56 Å². The molecular formula is C13H18N6O. The van der Waals surface area contributed by atoms with E-state index in [0.717, 1.165) is 30.1 Å². The molecule has 0 unspecified atom stereocenters. The molecule has 0 aliphatic carbocycles. The van der Waals surface area contributed by atoms with Crippen molar-refractivity contribution in [3.8, 4) is 5.82 Å². The maximum absolute atomic E-state index is 8.95. The van der Waals surface area contributed by atoms with Crippen LogP contribution in [0.25, 0.3) is 5.82 Å². The van der Waals surface area contributed by atoms with Crippen LogP contribution in [0.15, 0.2) is 17.4 Å². The van der Waals surface area contributed by atoms with Crippen LogP contribution >= 0.6 is 0 Å². The van der Waals surface area contributed by atoms with Crippen LogP contribution in [-0.4, -0.2) is 30.8 Å². The fourth-order valence-corrected chi connectivity index (χ4v) is 2.01. The van der Waals surface area contributed by atoms with Crippen molar-refractivity contribution >= 4 is 5.84 Å². The number of aromatic nitrogens is 4. The second-order valence-electron chi connectivity index (χ2n) is 4.37. The van der Waals surface area contributed by atoms with Crippen molar-refractivity contribution in [2.45, 2.75) is 33.6 Å². The van der Waals surface area contributed by atoms with Gasteiger partial charge in [0.1, 0.15) is 5.82 Å². The molecule has 0 aromatic carbocycles. The number of hydrogen-bond acceptors (Lipinski definition) is 5. The number of rotatable bonds is 4. The lowest BCUT2D eigenvalue weighted by atomic mass is 10.1. The summed E-state index contributed by atoms with van der Waals surface area (Å²) < 4.78 is 1.67. The quantitative estimate of drug-likeness (QED) is 0.377. The van der Waals surface area contributed by atoms with E-state index in [1.807, 2.05) is 20.8 Å². The van der Waals surface area contributed by atoms with Crippen LogP contribution in [0.4, 0.5) is 0 Å². The van der Waals surface area contributed by atoms with Gasteiger partial charge in [0.25, 0.3) is 0 Å². The van der Waals surface area contributed by atoms with Gasteiger partial charge in [-0.1, -0.05) is 19.0 Å². The maximum Gasteiger partial charge on any atom is 0.174 e. The Labute approximate surface area is 117 Å². The first-order valence-corrected chi connectivity index (χ1v) is 6.51. The van der Waals surface area contributed by atoms with E-state index in [1.54, 1.807) is 16.9 Å². The number of amidine groups is 1. The molecule has 0 aliphatic heterocycles. The first-order valence-electron chi connectivity index (χ1n) is 6.51. The minimum absolute atomic E-state index is 0.0150. The smallest absolute Gasteiger partial charge is 0.174 e. The normalized spacial score (nSPS) is 11.8. The molecule has 0 aliphatic rings. The summed E-state index contributed by atoms with van der Waals surface area (Å²) in [7, 11) is 0. The zero-order valence-corrected chi connectivity index (χ0v) is 11.8. The first kappa shape index (κ1) is 14.0. The molecule has 0 saturated heterocycles. The summed E-state index contributed by atoms with van der Waals surface area (Å²) in [6.45, 7) is 5.87. The lowest BCUT2D eigenvalue weighted by Crippen LogP contribution is -2.20. The monoisotopic (exact) mass is 274 g/mol. The van der Waals surface area contributed by atoms with Crippen LogP contribution in [0, 0.1) is 6.92 Å². The Hall–Kier alpha value is -2.44. The fourth-order valence-electron chi connectivity index (χ4n) is 2.01. The molecular weight excluding hydrogens is 256 g/mol. The lowest BCUT2D eigenvalue weighted by Gasteiger charge is -2.11. The number of nitrogens with two attached hydrogens (primary N) is 1. The van der Waals surface area contributed by atoms with Crippen molar-refractivity contribution in [3.05, 3.63) is 35.0 Å². The largest absolute Gasteiger partial charge is 0.409 e. The Morgan fingerprint density at radius 1 is 1.40 bits per heavy atom. The van der Waals surface area contributed by atoms with Gasteiger partial charge < -0.3 is 10.9 Å². The Morgan fingerprint density at radius 2 is 2.15 bits per heavy atom. The summed E-state index contributed by atoms with van der Waals surface area (Å²) in [6.07, 6.45) is 3.13. The molecule has 0 radical (unpaired) electrons. The van der Waals surface area contributed by atoms with Crippen molar-refractivity contribution in [3.63, 3.8) is 0 Å². The number of pyridine rings is 1. The molecule has 0 atom stereocenters. The zero-order chi connectivity index (χ0) is 14.7. The molecule has 7 nitrogen and oxygen atoms in total. The minimum Gasteiger partial charge on any atom is -0.409 e. The summed E-state index contributed by atoms with van der Waals surface area (Å²) in [5.41, 5.74) is 7.19. The third-order valence-corrected chi connectivity index (χ3v) is 3.05. The van der Waals surface area contributed by atoms with Crippen molar-refractivity contribution in [2.24, 2.45) is 10.9 Å². The number of aryl methyl sites for hydroxylation is 3. The average Bonchev–Trinajstić information content (AvgIpc) is 2.89. The summed E-state index contributed by atoms with van der Waals surface area (Å²) in [5, 5.41) is 16.5. The molecule has 2 heterocycles. The average molecular weight is 274 g/mol. The van der Waals surface area contributed by atoms with Crippen LogP contribution in [0.1, 0.15) is 36.6 Å². The summed E-state index contributed by atoms with van der Waals surface area (Å²) >= 11 is 0. The number of hydrogen-bond donors (Lipinski definition) is 2. The van der Waals surface area contributed by atoms with Gasteiger partial charge in [-0.2, -0.15) is 4.68 Å². The Bertz CT molecular complexity index is 646. The van der Waals surface area contributed by atoms with Crippen molar-refractivity contribution < 1.29 is 5.21 Å². The third kappa shape index (κ3) is 2.34. The molecule has 106 valence electrons. The second kappa shape index (κ2) is 5.68. The predicted octanol–water partition coefficient (Wildman–Crippen LogP) is 1.19. The second-order valence-corrected chi connectivity index (χ2v) is 4.37. The highest BCUT2D eigenvalue weighted by Crippen LogP contribution is 2.17. The maximum atomic E-state index is 8.95. The lowest BCUT2D eigenvalue weighted by molar-refractivity contribution is 0.318. The van der Waals surface area contributed by atoms with Crippen molar-refractivity contribution in [2.75, 3.05) is 0 Å². The van der Waals surface area contributed by atoms with E-state index in [2.05, 4.69) is 20.2 Å². The van der Waals surface area contributed by atoms with Crippen LogP contribution in [0.2, 0.25) is 0 Å². The standard InChI is InChI=1S/C13H18N6O/c1-4-9-16-10(5-2)19(17-9)13-11(12(14)18-20)8(3)6-7-15-13/h6-7,20H,4-5H2,1-3H3,(H2,14,18). The molecule has 3 N–H and O–H groups in total. The molecule has 2 aromatic heterocycles. The van der Waals surface area contributed by atoms with E-state index < -0.39 is 0 Å². The van der Waals surface area contributed by atoms with E-state index in [-0.39, 0.29) is 5.84 Å². The van der Waals surface area contributed by atoms with Gasteiger partial charge in [0, 0.05) is 19.0 Å². The predicted molar refractivity (Wildman–Crippen MR) is 75.2 cm³/mol.